The molecule has 1 rings (SSSR count). The van der Waals surface area contributed by atoms with Crippen LogP contribution in [0.2, 0.25) is 0 Å². The molecule has 0 aliphatic carbocycles. The van der Waals surface area contributed by atoms with Gasteiger partial charge in [0.25, 0.3) is 0 Å². The van der Waals surface area contributed by atoms with Crippen LogP contribution in [-0.2, 0) is 11.2 Å². The molecule has 0 aliphatic rings. The number of rotatable bonds is 4. The highest BCUT2D eigenvalue weighted by Gasteiger charge is 2.02. The van der Waals surface area contributed by atoms with Crippen LogP contribution in [0.1, 0.15) is 25.3 Å². The van der Waals surface area contributed by atoms with Gasteiger partial charge >= 0.3 is 0 Å². The van der Waals surface area contributed by atoms with Crippen molar-refractivity contribution in [3.63, 3.8) is 0 Å². The van der Waals surface area contributed by atoms with Crippen LogP contribution in [0.4, 0.5) is 0 Å². The van der Waals surface area contributed by atoms with E-state index in [0.29, 0.717) is 19.3 Å². The molecule has 0 atom stereocenters. The summed E-state index contributed by atoms with van der Waals surface area (Å²) in [6.45, 7) is 1.79. The van der Waals surface area contributed by atoms with Crippen LogP contribution in [-0.4, -0.2) is 5.78 Å². The zero-order chi connectivity index (χ0) is 11.1. The number of hydrogen-bond donors (Lipinski definition) is 0. The van der Waals surface area contributed by atoms with Crippen LogP contribution in [0.15, 0.2) is 28.7 Å². The van der Waals surface area contributed by atoms with Crippen molar-refractivity contribution >= 4 is 21.7 Å². The van der Waals surface area contributed by atoms with Crippen LogP contribution >= 0.6 is 15.9 Å². The van der Waals surface area contributed by atoms with E-state index in [4.69, 9.17) is 0 Å². The SMILES string of the molecule is CC#CCCC(=O)Cc1ccc(Br)cc1. The fourth-order valence-corrected chi connectivity index (χ4v) is 1.51. The normalized spacial score (nSPS) is 9.20. The van der Waals surface area contributed by atoms with Gasteiger partial charge in [-0.1, -0.05) is 28.1 Å². The van der Waals surface area contributed by atoms with Crippen LogP contribution < -0.4 is 0 Å². The molecule has 15 heavy (non-hydrogen) atoms. The predicted octanol–water partition coefficient (Wildman–Crippen LogP) is 3.36. The largest absolute Gasteiger partial charge is 0.299 e. The van der Waals surface area contributed by atoms with Crippen molar-refractivity contribution in [2.45, 2.75) is 26.2 Å². The van der Waals surface area contributed by atoms with Gasteiger partial charge in [0, 0.05) is 23.7 Å². The van der Waals surface area contributed by atoms with Crippen molar-refractivity contribution in [2.24, 2.45) is 0 Å². The number of Topliss-reactive ketones (excluding diaryl/α,β-unsaturated/α-hetero) is 1. The lowest BCUT2D eigenvalue weighted by Crippen LogP contribution is -2.01. The van der Waals surface area contributed by atoms with E-state index in [1.807, 2.05) is 24.3 Å². The Hall–Kier alpha value is -1.07. The molecule has 0 spiro atoms. The first-order valence-electron chi connectivity index (χ1n) is 4.88. The summed E-state index contributed by atoms with van der Waals surface area (Å²) in [5, 5.41) is 0. The lowest BCUT2D eigenvalue weighted by molar-refractivity contribution is -0.118. The summed E-state index contributed by atoms with van der Waals surface area (Å²) in [6.07, 6.45) is 1.74. The molecule has 78 valence electrons. The van der Waals surface area contributed by atoms with Gasteiger partial charge in [-0.05, 0) is 24.6 Å². The quantitative estimate of drug-likeness (QED) is 0.763. The molecular formula is C13H13BrO. The van der Waals surface area contributed by atoms with E-state index < -0.39 is 0 Å². The maximum Gasteiger partial charge on any atom is 0.138 e. The summed E-state index contributed by atoms with van der Waals surface area (Å²) >= 11 is 3.36. The molecule has 0 aliphatic heterocycles. The van der Waals surface area contributed by atoms with Crippen molar-refractivity contribution in [3.05, 3.63) is 34.3 Å². The van der Waals surface area contributed by atoms with Crippen molar-refractivity contribution in [1.82, 2.24) is 0 Å². The molecule has 2 heteroatoms. The minimum atomic E-state index is 0.250. The monoisotopic (exact) mass is 264 g/mol. The Morgan fingerprint density at radius 2 is 2.00 bits per heavy atom. The molecule has 0 heterocycles. The molecule has 0 amide bonds. The summed E-state index contributed by atoms with van der Waals surface area (Å²) in [6, 6.07) is 7.84. The first-order valence-corrected chi connectivity index (χ1v) is 5.67. The van der Waals surface area contributed by atoms with Crippen LogP contribution in [0.5, 0.6) is 0 Å². The van der Waals surface area contributed by atoms with E-state index in [0.717, 1.165) is 10.0 Å². The van der Waals surface area contributed by atoms with E-state index in [1.165, 1.54) is 0 Å². The molecule has 1 aromatic carbocycles. The summed E-state index contributed by atoms with van der Waals surface area (Å²) in [7, 11) is 0. The van der Waals surface area contributed by atoms with E-state index in [9.17, 15) is 4.79 Å². The average molecular weight is 265 g/mol. The van der Waals surface area contributed by atoms with Crippen LogP contribution in [0.25, 0.3) is 0 Å². The van der Waals surface area contributed by atoms with Gasteiger partial charge in [0.15, 0.2) is 0 Å². The highest BCUT2D eigenvalue weighted by atomic mass is 79.9. The molecule has 1 nitrogen and oxygen atoms in total. The fourth-order valence-electron chi connectivity index (χ4n) is 1.25. The van der Waals surface area contributed by atoms with Gasteiger partial charge in [-0.15, -0.1) is 11.8 Å². The molecule has 0 saturated heterocycles. The summed E-state index contributed by atoms with van der Waals surface area (Å²) < 4.78 is 1.04. The van der Waals surface area contributed by atoms with Gasteiger partial charge in [-0.25, -0.2) is 0 Å². The molecule has 0 saturated carbocycles. The highest BCUT2D eigenvalue weighted by molar-refractivity contribution is 9.10. The third kappa shape index (κ3) is 4.80. The molecule has 0 radical (unpaired) electrons. The first kappa shape index (κ1) is 12.0. The molecule has 0 N–H and O–H groups in total. The average Bonchev–Trinajstić information content (AvgIpc) is 2.22. The number of hydrogen-bond acceptors (Lipinski definition) is 1. The Balaban J connectivity index is 2.43. The molecule has 0 bridgehead atoms. The second-order valence-corrected chi connectivity index (χ2v) is 4.18. The number of carbonyl (C=O) groups excluding carboxylic acids is 1. The standard InChI is InChI=1S/C13H13BrO/c1-2-3-4-5-13(15)10-11-6-8-12(14)9-7-11/h6-9H,4-5,10H2,1H3. The van der Waals surface area contributed by atoms with Gasteiger partial charge in [-0.2, -0.15) is 0 Å². The minimum Gasteiger partial charge on any atom is -0.299 e. The van der Waals surface area contributed by atoms with Crippen molar-refractivity contribution < 1.29 is 4.79 Å². The Labute approximate surface area is 99.0 Å². The maximum atomic E-state index is 11.5. The van der Waals surface area contributed by atoms with Gasteiger partial charge in [0.1, 0.15) is 5.78 Å². The maximum absolute atomic E-state index is 11.5. The number of ketones is 1. The minimum absolute atomic E-state index is 0.250. The van der Waals surface area contributed by atoms with E-state index in [-0.39, 0.29) is 5.78 Å². The summed E-state index contributed by atoms with van der Waals surface area (Å²) in [5.41, 5.74) is 1.06. The zero-order valence-electron chi connectivity index (χ0n) is 8.72. The van der Waals surface area contributed by atoms with Gasteiger partial charge in [-0.3, -0.25) is 4.79 Å². The topological polar surface area (TPSA) is 17.1 Å². The summed E-state index contributed by atoms with van der Waals surface area (Å²) in [5.74, 6) is 5.93. The van der Waals surface area contributed by atoms with Crippen molar-refractivity contribution in [3.8, 4) is 11.8 Å². The first-order chi connectivity index (χ1) is 7.22. The lowest BCUT2D eigenvalue weighted by Gasteiger charge is -1.99. The van der Waals surface area contributed by atoms with Crippen LogP contribution in [0, 0.1) is 11.8 Å². The number of benzene rings is 1. The van der Waals surface area contributed by atoms with Crippen molar-refractivity contribution in [1.29, 1.82) is 0 Å². The molecule has 0 aromatic heterocycles. The van der Waals surface area contributed by atoms with Gasteiger partial charge in [0.05, 0.1) is 0 Å². The Kier molecular flexibility index (Phi) is 5.14. The Bertz CT molecular complexity index is 381. The molecule has 0 unspecified atom stereocenters. The molecular weight excluding hydrogens is 252 g/mol. The second-order valence-electron chi connectivity index (χ2n) is 3.27. The zero-order valence-corrected chi connectivity index (χ0v) is 10.3. The van der Waals surface area contributed by atoms with E-state index in [2.05, 4.69) is 27.8 Å². The summed E-state index contributed by atoms with van der Waals surface area (Å²) in [4.78, 5) is 11.5. The van der Waals surface area contributed by atoms with Gasteiger partial charge < -0.3 is 0 Å². The Morgan fingerprint density at radius 1 is 1.33 bits per heavy atom. The third-order valence-electron chi connectivity index (χ3n) is 2.02. The number of carbonyl (C=O) groups is 1. The lowest BCUT2D eigenvalue weighted by atomic mass is 10.1. The highest BCUT2D eigenvalue weighted by Crippen LogP contribution is 2.11. The predicted molar refractivity (Wildman–Crippen MR) is 65.5 cm³/mol. The van der Waals surface area contributed by atoms with E-state index in [1.54, 1.807) is 6.92 Å². The Morgan fingerprint density at radius 3 is 2.60 bits per heavy atom. The molecule has 0 fully saturated rings. The molecule has 1 aromatic rings. The smallest absolute Gasteiger partial charge is 0.138 e. The number of halogens is 1. The second kappa shape index (κ2) is 6.42. The van der Waals surface area contributed by atoms with Crippen molar-refractivity contribution in [2.75, 3.05) is 0 Å². The van der Waals surface area contributed by atoms with E-state index >= 15 is 0 Å². The van der Waals surface area contributed by atoms with Crippen LogP contribution in [0.3, 0.4) is 0 Å². The fraction of sp³-hybridized carbons (Fsp3) is 0.308. The third-order valence-corrected chi connectivity index (χ3v) is 2.55. The van der Waals surface area contributed by atoms with Gasteiger partial charge in [0.2, 0.25) is 0 Å².